The summed E-state index contributed by atoms with van der Waals surface area (Å²) in [5, 5.41) is 12.1. The fourth-order valence-electron chi connectivity index (χ4n) is 7.00. The van der Waals surface area contributed by atoms with Gasteiger partial charge in [-0.3, -0.25) is 19.3 Å². The molecule has 4 aromatic rings. The number of nitrogens with zero attached hydrogens (tertiary/aromatic N) is 3. The number of ether oxygens (including phenoxy) is 1. The first-order valence-electron chi connectivity index (χ1n) is 13.4. The van der Waals surface area contributed by atoms with Gasteiger partial charge >= 0.3 is 5.97 Å². The zero-order valence-corrected chi connectivity index (χ0v) is 21.6. The van der Waals surface area contributed by atoms with Gasteiger partial charge in [-0.1, -0.05) is 31.2 Å². The first-order valence-corrected chi connectivity index (χ1v) is 13.4. The lowest BCUT2D eigenvalue weighted by Crippen LogP contribution is -2.44. The molecule has 2 atom stereocenters. The number of esters is 1. The predicted molar refractivity (Wildman–Crippen MR) is 143 cm³/mol. The molecule has 0 saturated carbocycles. The van der Waals surface area contributed by atoms with Gasteiger partial charge in [0.05, 0.1) is 46.2 Å². The lowest BCUT2D eigenvalue weighted by atomic mass is 9.83. The highest BCUT2D eigenvalue weighted by atomic mass is 16.6. The number of hydrogen-bond acceptors (Lipinski definition) is 7. The van der Waals surface area contributed by atoms with Gasteiger partial charge in [0.25, 0.3) is 17.4 Å². The molecule has 2 aromatic heterocycles. The van der Waals surface area contributed by atoms with Crippen LogP contribution in [0.2, 0.25) is 0 Å². The van der Waals surface area contributed by atoms with Crippen LogP contribution in [0.5, 0.6) is 0 Å². The van der Waals surface area contributed by atoms with E-state index in [1.807, 2.05) is 18.2 Å². The topological polar surface area (TPSA) is 119 Å². The number of carbonyl (C=O) groups is 3. The molecule has 8 rings (SSSR count). The number of amides is 2. The zero-order chi connectivity index (χ0) is 27.5. The Morgan fingerprint density at radius 3 is 2.48 bits per heavy atom. The summed E-state index contributed by atoms with van der Waals surface area (Å²) in [5.41, 5.74) is 3.95. The van der Waals surface area contributed by atoms with E-state index in [0.717, 1.165) is 22.1 Å². The largest absolute Gasteiger partial charge is 0.458 e. The van der Waals surface area contributed by atoms with Gasteiger partial charge in [0.15, 0.2) is 5.60 Å². The Morgan fingerprint density at radius 2 is 1.75 bits per heavy atom. The molecule has 0 fully saturated rings. The first kappa shape index (κ1) is 23.3. The monoisotopic (exact) mass is 533 g/mol. The molecule has 0 bridgehead atoms. The van der Waals surface area contributed by atoms with Crippen molar-refractivity contribution >= 4 is 28.7 Å². The van der Waals surface area contributed by atoms with Gasteiger partial charge in [-0.05, 0) is 54.7 Å². The van der Waals surface area contributed by atoms with Crippen molar-refractivity contribution in [3.63, 3.8) is 0 Å². The number of aromatic nitrogens is 2. The molecule has 9 nitrogen and oxygen atoms in total. The highest BCUT2D eigenvalue weighted by Crippen LogP contribution is 2.46. The SMILES string of the molecule is CC[C@@]1(O)C(=O)OCc2c1cc1n(c2=O)Cc2c-1nc1cccc3c1c2CCC3N1C(=O)c2ccccc2C1=O. The fraction of sp³-hybridized carbons (Fsp3) is 0.258. The van der Waals surface area contributed by atoms with Crippen molar-refractivity contribution in [1.29, 1.82) is 0 Å². The van der Waals surface area contributed by atoms with Gasteiger partial charge in [0.1, 0.15) is 6.61 Å². The second kappa shape index (κ2) is 7.73. The highest BCUT2D eigenvalue weighted by molar-refractivity contribution is 6.21. The summed E-state index contributed by atoms with van der Waals surface area (Å²) in [6, 6.07) is 13.9. The molecule has 40 heavy (non-hydrogen) atoms. The van der Waals surface area contributed by atoms with Crippen LogP contribution in [-0.4, -0.2) is 37.3 Å². The zero-order valence-electron chi connectivity index (χ0n) is 21.6. The second-order valence-electron chi connectivity index (χ2n) is 10.8. The van der Waals surface area contributed by atoms with Gasteiger partial charge in [0, 0.05) is 16.5 Å². The van der Waals surface area contributed by atoms with Crippen molar-refractivity contribution in [2.75, 3.05) is 0 Å². The van der Waals surface area contributed by atoms with E-state index >= 15 is 0 Å². The molecule has 0 saturated heterocycles. The molecule has 198 valence electrons. The van der Waals surface area contributed by atoms with Crippen LogP contribution in [0.4, 0.5) is 0 Å². The Labute approximate surface area is 227 Å². The molecule has 5 heterocycles. The summed E-state index contributed by atoms with van der Waals surface area (Å²) in [6.07, 6.45) is 1.22. The molecule has 2 amide bonds. The Morgan fingerprint density at radius 1 is 1.00 bits per heavy atom. The lowest BCUT2D eigenvalue weighted by Gasteiger charge is -2.32. The normalized spacial score (nSPS) is 22.2. The van der Waals surface area contributed by atoms with E-state index in [0.29, 0.717) is 47.4 Å². The summed E-state index contributed by atoms with van der Waals surface area (Å²) in [4.78, 5) is 59.1. The average molecular weight is 534 g/mol. The summed E-state index contributed by atoms with van der Waals surface area (Å²) < 4.78 is 6.82. The van der Waals surface area contributed by atoms with Crippen molar-refractivity contribution in [1.82, 2.24) is 14.5 Å². The van der Waals surface area contributed by atoms with Crippen LogP contribution in [0.1, 0.15) is 74.3 Å². The molecule has 4 aliphatic rings. The number of pyridine rings is 2. The van der Waals surface area contributed by atoms with E-state index in [1.54, 1.807) is 41.8 Å². The molecule has 1 aliphatic carbocycles. The molecular formula is C31H23N3O6. The summed E-state index contributed by atoms with van der Waals surface area (Å²) >= 11 is 0. The van der Waals surface area contributed by atoms with Crippen molar-refractivity contribution in [3.05, 3.63) is 97.8 Å². The smallest absolute Gasteiger partial charge is 0.343 e. The molecule has 1 N–H and O–H groups in total. The minimum Gasteiger partial charge on any atom is -0.458 e. The Bertz CT molecular complexity index is 1910. The third-order valence-electron chi connectivity index (χ3n) is 9.02. The maximum absolute atomic E-state index is 13.6. The maximum atomic E-state index is 13.6. The van der Waals surface area contributed by atoms with Crippen LogP contribution in [0.25, 0.3) is 22.3 Å². The van der Waals surface area contributed by atoms with Crippen LogP contribution in [-0.2, 0) is 34.7 Å². The molecular weight excluding hydrogens is 510 g/mol. The van der Waals surface area contributed by atoms with Gasteiger partial charge in [-0.2, -0.15) is 0 Å². The first-order chi connectivity index (χ1) is 19.3. The van der Waals surface area contributed by atoms with E-state index in [1.165, 1.54) is 4.90 Å². The maximum Gasteiger partial charge on any atom is 0.343 e. The second-order valence-corrected chi connectivity index (χ2v) is 10.8. The third-order valence-corrected chi connectivity index (χ3v) is 9.02. The molecule has 2 aromatic carbocycles. The minimum absolute atomic E-state index is 0.0769. The van der Waals surface area contributed by atoms with E-state index in [-0.39, 0.29) is 41.5 Å². The average Bonchev–Trinajstić information content (AvgIpc) is 3.46. The van der Waals surface area contributed by atoms with E-state index in [4.69, 9.17) is 9.72 Å². The number of fused-ring (bicyclic) bond motifs is 6. The van der Waals surface area contributed by atoms with Gasteiger partial charge < -0.3 is 14.4 Å². The Kier molecular flexibility index (Phi) is 4.50. The van der Waals surface area contributed by atoms with Gasteiger partial charge in [-0.25, -0.2) is 9.78 Å². The van der Waals surface area contributed by atoms with E-state index < -0.39 is 17.6 Å². The van der Waals surface area contributed by atoms with Gasteiger partial charge in [0.2, 0.25) is 0 Å². The minimum atomic E-state index is -1.89. The quantitative estimate of drug-likeness (QED) is 0.273. The van der Waals surface area contributed by atoms with Crippen molar-refractivity contribution in [2.24, 2.45) is 0 Å². The number of carbonyl (C=O) groups excluding carboxylic acids is 3. The number of rotatable bonds is 2. The molecule has 1 unspecified atom stereocenters. The van der Waals surface area contributed by atoms with E-state index in [2.05, 4.69) is 0 Å². The number of aliphatic hydroxyl groups is 1. The van der Waals surface area contributed by atoms with Crippen molar-refractivity contribution < 1.29 is 24.2 Å². The van der Waals surface area contributed by atoms with Crippen LogP contribution >= 0.6 is 0 Å². The summed E-state index contributed by atoms with van der Waals surface area (Å²) in [5.74, 6) is -1.33. The molecule has 0 spiro atoms. The third kappa shape index (κ3) is 2.72. The number of benzene rings is 2. The number of aryl methyl sites for hydroxylation is 1. The van der Waals surface area contributed by atoms with E-state index in [9.17, 15) is 24.3 Å². The molecule has 9 heteroatoms. The Hall–Kier alpha value is -4.63. The number of cyclic esters (lactones) is 1. The summed E-state index contributed by atoms with van der Waals surface area (Å²) in [7, 11) is 0. The van der Waals surface area contributed by atoms with Crippen LogP contribution in [0, 0.1) is 0 Å². The highest BCUT2D eigenvalue weighted by Gasteiger charge is 2.46. The number of imide groups is 1. The number of hydrogen-bond donors (Lipinski definition) is 1. The van der Waals surface area contributed by atoms with Crippen LogP contribution in [0.15, 0.2) is 53.3 Å². The lowest BCUT2D eigenvalue weighted by molar-refractivity contribution is -0.172. The van der Waals surface area contributed by atoms with Crippen LogP contribution < -0.4 is 5.56 Å². The van der Waals surface area contributed by atoms with Crippen molar-refractivity contribution in [3.8, 4) is 11.4 Å². The fourth-order valence-corrected chi connectivity index (χ4v) is 7.00. The van der Waals surface area contributed by atoms with Crippen LogP contribution in [0.3, 0.4) is 0 Å². The van der Waals surface area contributed by atoms with Gasteiger partial charge in [-0.15, -0.1) is 0 Å². The predicted octanol–water partition coefficient (Wildman–Crippen LogP) is 3.36. The molecule has 0 radical (unpaired) electrons. The standard InChI is InChI=1S/C31H23N3O6/c1-2-31(39)21-12-24-26-19(13-33(24)27(35)20(21)14-40-30(31)38)15-10-11-23(18-8-5-9-22(32-26)25(15)18)34-28(36)16-6-3-4-7-17(16)29(34)37/h3-9,12,23,39H,2,10-11,13-14H2,1H3/t23?,31-/m0/s1. The summed E-state index contributed by atoms with van der Waals surface area (Å²) in [6.45, 7) is 1.80. The van der Waals surface area contributed by atoms with Crippen molar-refractivity contribution in [2.45, 2.75) is 51.0 Å². The molecule has 3 aliphatic heterocycles. The Balaban J connectivity index is 1.30.